The van der Waals surface area contributed by atoms with Gasteiger partial charge in [-0.15, -0.1) is 0 Å². The molecule has 2 N–H and O–H groups in total. The van der Waals surface area contributed by atoms with E-state index in [-0.39, 0.29) is 6.61 Å². The van der Waals surface area contributed by atoms with Crippen LogP contribution in [-0.4, -0.2) is 28.7 Å². The van der Waals surface area contributed by atoms with Crippen LogP contribution >= 0.6 is 0 Å². The van der Waals surface area contributed by atoms with E-state index >= 15 is 0 Å². The normalized spacial score (nSPS) is 15.9. The van der Waals surface area contributed by atoms with Crippen LogP contribution < -0.4 is 18.9 Å². The molecule has 1 aliphatic carbocycles. The van der Waals surface area contributed by atoms with E-state index in [0.717, 1.165) is 29.5 Å². The first kappa shape index (κ1) is 20.9. The molecule has 0 saturated carbocycles. The zero-order valence-corrected chi connectivity index (χ0v) is 17.1. The molecule has 29 heavy (non-hydrogen) atoms. The molecule has 3 rings (SSSR count). The van der Waals surface area contributed by atoms with Crippen molar-refractivity contribution in [2.45, 2.75) is 31.9 Å². The van der Waals surface area contributed by atoms with Crippen molar-refractivity contribution in [3.05, 3.63) is 59.2 Å². The summed E-state index contributed by atoms with van der Waals surface area (Å²) >= 11 is 0. The molecule has 1 amide bonds. The highest BCUT2D eigenvalue weighted by molar-refractivity contribution is 7.88. The molecule has 156 valence electrons. The van der Waals surface area contributed by atoms with Gasteiger partial charge in [0.2, 0.25) is 0 Å². The quantitative estimate of drug-likeness (QED) is 0.714. The second-order valence-electron chi connectivity index (χ2n) is 6.64. The first-order valence-electron chi connectivity index (χ1n) is 9.17. The smallest absolute Gasteiger partial charge is 0.422 e. The summed E-state index contributed by atoms with van der Waals surface area (Å²) in [4.78, 5) is 11.9. The fraction of sp³-hybridized carbons (Fsp3) is 0.350. The number of hydrogen-bond acceptors (Lipinski definition) is 6. The van der Waals surface area contributed by atoms with Gasteiger partial charge in [0.05, 0.1) is 14.2 Å². The Hall–Kier alpha value is -2.78. The summed E-state index contributed by atoms with van der Waals surface area (Å²) in [7, 11) is -1.03. The highest BCUT2D eigenvalue weighted by Gasteiger charge is 2.27. The fourth-order valence-corrected chi connectivity index (χ4v) is 4.29. The molecule has 0 aliphatic heterocycles. The molecule has 2 aromatic carbocycles. The summed E-state index contributed by atoms with van der Waals surface area (Å²) in [5, 5.41) is 0. The van der Waals surface area contributed by atoms with Gasteiger partial charge in [0.25, 0.3) is 0 Å². The highest BCUT2D eigenvalue weighted by Crippen LogP contribution is 2.38. The second kappa shape index (κ2) is 9.15. The molecule has 8 nitrogen and oxygen atoms in total. The van der Waals surface area contributed by atoms with Crippen molar-refractivity contribution in [3.8, 4) is 11.5 Å². The minimum atomic E-state index is -4.11. The minimum absolute atomic E-state index is 0.0224. The lowest BCUT2D eigenvalue weighted by Crippen LogP contribution is -2.42. The molecule has 0 spiro atoms. The predicted molar refractivity (Wildman–Crippen MR) is 107 cm³/mol. The molecule has 0 bridgehead atoms. The lowest BCUT2D eigenvalue weighted by atomic mass is 9.88. The number of rotatable bonds is 7. The maximum Gasteiger partial charge on any atom is 0.422 e. The summed E-state index contributed by atoms with van der Waals surface area (Å²) in [6.45, 7) is -0.0224. The van der Waals surface area contributed by atoms with Crippen molar-refractivity contribution in [1.29, 1.82) is 0 Å². The first-order chi connectivity index (χ1) is 13.9. The van der Waals surface area contributed by atoms with E-state index in [0.29, 0.717) is 17.9 Å². The Balaban J connectivity index is 1.67. The molecule has 0 radical (unpaired) electrons. The van der Waals surface area contributed by atoms with Crippen molar-refractivity contribution < 1.29 is 27.4 Å². The van der Waals surface area contributed by atoms with Gasteiger partial charge in [-0.05, 0) is 48.1 Å². The van der Waals surface area contributed by atoms with Crippen molar-refractivity contribution in [2.75, 3.05) is 14.2 Å². The Kier molecular flexibility index (Phi) is 6.60. The Morgan fingerprint density at radius 1 is 1.10 bits per heavy atom. The van der Waals surface area contributed by atoms with Gasteiger partial charge in [0.1, 0.15) is 6.61 Å². The molecule has 2 aromatic rings. The third-order valence-corrected chi connectivity index (χ3v) is 5.72. The SMILES string of the molecule is COc1cc2c(cc1OC)C(NS(=O)(=O)NC(=O)OCc1ccccc1)CCC2. The number of methoxy groups -OCH3 is 2. The number of carbonyl (C=O) groups excluding carboxylic acids is 1. The van der Waals surface area contributed by atoms with E-state index in [2.05, 4.69) is 4.72 Å². The van der Waals surface area contributed by atoms with Gasteiger partial charge < -0.3 is 14.2 Å². The van der Waals surface area contributed by atoms with Crippen LogP contribution in [0.5, 0.6) is 11.5 Å². The average molecular weight is 420 g/mol. The number of benzene rings is 2. The zero-order chi connectivity index (χ0) is 20.9. The highest BCUT2D eigenvalue weighted by atomic mass is 32.2. The number of hydrogen-bond donors (Lipinski definition) is 2. The summed E-state index contributed by atoms with van der Waals surface area (Å²) in [5.74, 6) is 1.12. The topological polar surface area (TPSA) is 103 Å². The Labute approximate surface area is 170 Å². The fourth-order valence-electron chi connectivity index (χ4n) is 3.33. The van der Waals surface area contributed by atoms with Gasteiger partial charge in [-0.3, -0.25) is 0 Å². The van der Waals surface area contributed by atoms with Crippen molar-refractivity contribution >= 4 is 16.3 Å². The Bertz CT molecular complexity index is 962. The molecule has 1 unspecified atom stereocenters. The molecule has 0 saturated heterocycles. The van der Waals surface area contributed by atoms with E-state index < -0.39 is 22.3 Å². The predicted octanol–water partition coefficient (Wildman–Crippen LogP) is 2.84. The molecule has 0 aromatic heterocycles. The van der Waals surface area contributed by atoms with Crippen molar-refractivity contribution in [1.82, 2.24) is 9.44 Å². The monoisotopic (exact) mass is 420 g/mol. The van der Waals surface area contributed by atoms with Crippen LogP contribution in [0.25, 0.3) is 0 Å². The molecule has 0 fully saturated rings. The number of ether oxygens (including phenoxy) is 3. The first-order valence-corrected chi connectivity index (χ1v) is 10.7. The molecule has 1 aliphatic rings. The van der Waals surface area contributed by atoms with E-state index in [1.165, 1.54) is 7.11 Å². The lowest BCUT2D eigenvalue weighted by Gasteiger charge is -2.27. The molecule has 1 atom stereocenters. The number of carbonyl (C=O) groups is 1. The number of amides is 1. The molecular weight excluding hydrogens is 396 g/mol. The molecule has 9 heteroatoms. The maximum atomic E-state index is 12.4. The number of aryl methyl sites for hydroxylation is 1. The Morgan fingerprint density at radius 2 is 1.79 bits per heavy atom. The van der Waals surface area contributed by atoms with Crippen LogP contribution in [0.1, 0.15) is 35.6 Å². The van der Waals surface area contributed by atoms with Crippen LogP contribution in [0.2, 0.25) is 0 Å². The van der Waals surface area contributed by atoms with E-state index in [4.69, 9.17) is 14.2 Å². The van der Waals surface area contributed by atoms with E-state index in [1.54, 1.807) is 37.4 Å². The largest absolute Gasteiger partial charge is 0.493 e. The van der Waals surface area contributed by atoms with Gasteiger partial charge >= 0.3 is 16.3 Å². The number of nitrogens with one attached hydrogen (secondary N) is 2. The summed E-state index contributed by atoms with van der Waals surface area (Å²) < 4.78 is 44.9. The van der Waals surface area contributed by atoms with Gasteiger partial charge in [-0.2, -0.15) is 13.1 Å². The summed E-state index contributed by atoms with van der Waals surface area (Å²) in [6, 6.07) is 12.1. The average Bonchev–Trinajstić information content (AvgIpc) is 2.71. The van der Waals surface area contributed by atoms with Crippen LogP contribution in [0, 0.1) is 0 Å². The lowest BCUT2D eigenvalue weighted by molar-refractivity contribution is 0.146. The Morgan fingerprint density at radius 3 is 2.48 bits per heavy atom. The van der Waals surface area contributed by atoms with E-state index in [1.807, 2.05) is 16.9 Å². The number of fused-ring (bicyclic) bond motifs is 1. The standard InChI is InChI=1S/C20H24N2O6S/c1-26-18-11-15-9-6-10-17(16(15)12-19(18)27-2)21-29(24,25)22-20(23)28-13-14-7-4-3-5-8-14/h3-5,7-8,11-12,17,21H,6,9-10,13H2,1-2H3,(H,22,23). The third-order valence-electron chi connectivity index (χ3n) is 4.69. The van der Waals surface area contributed by atoms with Crippen molar-refractivity contribution in [3.63, 3.8) is 0 Å². The summed E-state index contributed by atoms with van der Waals surface area (Å²) in [5.41, 5.74) is 2.54. The third kappa shape index (κ3) is 5.39. The van der Waals surface area contributed by atoms with Crippen LogP contribution in [-0.2, 0) is 28.0 Å². The van der Waals surface area contributed by atoms with Gasteiger partial charge in [0.15, 0.2) is 11.5 Å². The second-order valence-corrected chi connectivity index (χ2v) is 8.08. The minimum Gasteiger partial charge on any atom is -0.493 e. The molecule has 0 heterocycles. The van der Waals surface area contributed by atoms with Gasteiger partial charge in [-0.25, -0.2) is 9.52 Å². The molecular formula is C20H24N2O6S. The summed E-state index contributed by atoms with van der Waals surface area (Å²) in [6.07, 6.45) is 1.17. The van der Waals surface area contributed by atoms with Crippen LogP contribution in [0.4, 0.5) is 4.79 Å². The van der Waals surface area contributed by atoms with Gasteiger partial charge in [0, 0.05) is 6.04 Å². The van der Waals surface area contributed by atoms with E-state index in [9.17, 15) is 13.2 Å². The van der Waals surface area contributed by atoms with Crippen LogP contribution in [0.15, 0.2) is 42.5 Å². The van der Waals surface area contributed by atoms with Gasteiger partial charge in [-0.1, -0.05) is 30.3 Å². The van der Waals surface area contributed by atoms with Crippen molar-refractivity contribution in [2.24, 2.45) is 0 Å². The zero-order valence-electron chi connectivity index (χ0n) is 16.3. The maximum absolute atomic E-state index is 12.4. The van der Waals surface area contributed by atoms with Crippen LogP contribution in [0.3, 0.4) is 0 Å².